The van der Waals surface area contributed by atoms with Gasteiger partial charge in [0.25, 0.3) is 0 Å². The molecule has 1 aliphatic carbocycles. The molecule has 88 valence electrons. The average Bonchev–Trinajstić information content (AvgIpc) is 2.27. The minimum absolute atomic E-state index is 0.0185. The highest BCUT2D eigenvalue weighted by atomic mass is 32.2. The fraction of sp³-hybridized carbons (Fsp3) is 1.00. The molecule has 0 amide bonds. The molecule has 0 aliphatic heterocycles. The smallest absolute Gasteiger partial charge is 0.126 e. The summed E-state index contributed by atoms with van der Waals surface area (Å²) in [4.78, 5) is 0.0185. The quantitative estimate of drug-likeness (QED) is 0.650. The van der Waals surface area contributed by atoms with Crippen molar-refractivity contribution in [3.63, 3.8) is 0 Å². The Morgan fingerprint density at radius 3 is 2.27 bits per heavy atom. The Hall–Kier alpha value is -0.0500. The summed E-state index contributed by atoms with van der Waals surface area (Å²) in [5.74, 6) is 0.726. The lowest BCUT2D eigenvalue weighted by atomic mass is 9.84. The maximum absolute atomic E-state index is 4.59. The van der Waals surface area contributed by atoms with Gasteiger partial charge in [0.2, 0.25) is 0 Å². The minimum atomic E-state index is 0.0185. The highest BCUT2D eigenvalue weighted by Gasteiger charge is 2.34. The van der Waals surface area contributed by atoms with Crippen LogP contribution in [0.1, 0.15) is 52.9 Å². The molecular weight excluding hydrogens is 204 g/mol. The molecule has 0 radical (unpaired) electrons. The van der Waals surface area contributed by atoms with Crippen molar-refractivity contribution in [2.75, 3.05) is 6.26 Å². The first-order valence-electron chi connectivity index (χ1n) is 6.05. The first kappa shape index (κ1) is 13.0. The molecule has 1 atom stereocenters. The molecule has 0 aromatic carbocycles. The van der Waals surface area contributed by atoms with E-state index in [4.69, 9.17) is 0 Å². The van der Waals surface area contributed by atoms with Gasteiger partial charge in [0, 0.05) is 0 Å². The summed E-state index contributed by atoms with van der Waals surface area (Å²) < 4.78 is 0. The molecule has 1 fully saturated rings. The van der Waals surface area contributed by atoms with Crippen molar-refractivity contribution in [3.05, 3.63) is 0 Å². The van der Waals surface area contributed by atoms with Gasteiger partial charge in [-0.05, 0) is 45.8 Å². The van der Waals surface area contributed by atoms with E-state index in [0.29, 0.717) is 6.04 Å². The van der Waals surface area contributed by atoms with Gasteiger partial charge in [0.1, 0.15) is 4.87 Å². The highest BCUT2D eigenvalue weighted by molar-refractivity contribution is 7.99. The summed E-state index contributed by atoms with van der Waals surface area (Å²) in [6.07, 6.45) is 8.97. The standard InChI is InChI=1S/C12H24N2S/c1-10(2)13-14-12(3,15-4)11-8-6-5-7-9-11/h10-11H,5-9H2,1-4H3. The summed E-state index contributed by atoms with van der Waals surface area (Å²) in [5.41, 5.74) is 0. The molecule has 1 rings (SSSR count). The third kappa shape index (κ3) is 3.78. The number of hydrogen-bond acceptors (Lipinski definition) is 3. The zero-order valence-corrected chi connectivity index (χ0v) is 11.3. The summed E-state index contributed by atoms with van der Waals surface area (Å²) in [7, 11) is 0. The van der Waals surface area contributed by atoms with Crippen LogP contribution in [0.15, 0.2) is 10.2 Å². The predicted molar refractivity (Wildman–Crippen MR) is 68.5 cm³/mol. The van der Waals surface area contributed by atoms with E-state index in [1.165, 1.54) is 32.1 Å². The van der Waals surface area contributed by atoms with Gasteiger partial charge in [-0.3, -0.25) is 0 Å². The topological polar surface area (TPSA) is 24.7 Å². The Morgan fingerprint density at radius 1 is 1.20 bits per heavy atom. The Labute approximate surface area is 98.3 Å². The van der Waals surface area contributed by atoms with E-state index in [1.54, 1.807) is 0 Å². The summed E-state index contributed by atoms with van der Waals surface area (Å²) in [6.45, 7) is 6.43. The lowest BCUT2D eigenvalue weighted by Gasteiger charge is -2.34. The van der Waals surface area contributed by atoms with E-state index < -0.39 is 0 Å². The van der Waals surface area contributed by atoms with Crippen LogP contribution in [0.3, 0.4) is 0 Å². The second kappa shape index (κ2) is 5.88. The molecule has 0 aromatic rings. The van der Waals surface area contributed by atoms with Crippen molar-refractivity contribution >= 4 is 11.8 Å². The predicted octanol–water partition coefficient (Wildman–Crippen LogP) is 4.51. The van der Waals surface area contributed by atoms with E-state index in [-0.39, 0.29) is 4.87 Å². The molecule has 2 nitrogen and oxygen atoms in total. The van der Waals surface area contributed by atoms with Crippen LogP contribution >= 0.6 is 11.8 Å². The number of nitrogens with zero attached hydrogens (tertiary/aromatic N) is 2. The molecule has 0 aromatic heterocycles. The molecule has 0 heterocycles. The Kier molecular flexibility index (Phi) is 5.10. The summed E-state index contributed by atoms with van der Waals surface area (Å²) in [6, 6.07) is 0.320. The van der Waals surface area contributed by atoms with Crippen LogP contribution in [0.5, 0.6) is 0 Å². The van der Waals surface area contributed by atoms with E-state index in [0.717, 1.165) is 5.92 Å². The molecule has 0 saturated heterocycles. The van der Waals surface area contributed by atoms with Crippen molar-refractivity contribution in [2.24, 2.45) is 16.1 Å². The van der Waals surface area contributed by atoms with Crippen molar-refractivity contribution in [3.8, 4) is 0 Å². The Morgan fingerprint density at radius 2 is 1.80 bits per heavy atom. The van der Waals surface area contributed by atoms with E-state index in [1.807, 2.05) is 11.8 Å². The molecule has 1 aliphatic rings. The van der Waals surface area contributed by atoms with Crippen molar-refractivity contribution in [1.29, 1.82) is 0 Å². The monoisotopic (exact) mass is 228 g/mol. The molecular formula is C12H24N2S. The Bertz CT molecular complexity index is 210. The van der Waals surface area contributed by atoms with Crippen LogP contribution in [0.4, 0.5) is 0 Å². The zero-order valence-electron chi connectivity index (χ0n) is 10.5. The fourth-order valence-electron chi connectivity index (χ4n) is 2.16. The second-order valence-corrected chi connectivity index (χ2v) is 6.14. The van der Waals surface area contributed by atoms with Crippen LogP contribution in [-0.4, -0.2) is 17.2 Å². The van der Waals surface area contributed by atoms with Gasteiger partial charge in [0.15, 0.2) is 0 Å². The first-order valence-corrected chi connectivity index (χ1v) is 7.28. The van der Waals surface area contributed by atoms with Crippen LogP contribution in [-0.2, 0) is 0 Å². The Balaban J connectivity index is 2.64. The van der Waals surface area contributed by atoms with Crippen LogP contribution < -0.4 is 0 Å². The maximum atomic E-state index is 4.59. The summed E-state index contributed by atoms with van der Waals surface area (Å²) >= 11 is 1.86. The number of thioether (sulfide) groups is 1. The number of azo groups is 1. The van der Waals surface area contributed by atoms with Gasteiger partial charge >= 0.3 is 0 Å². The van der Waals surface area contributed by atoms with Crippen LogP contribution in [0.25, 0.3) is 0 Å². The fourth-order valence-corrected chi connectivity index (χ4v) is 2.86. The van der Waals surface area contributed by atoms with Gasteiger partial charge in [-0.2, -0.15) is 10.2 Å². The molecule has 3 heteroatoms. The first-order chi connectivity index (χ1) is 7.08. The maximum Gasteiger partial charge on any atom is 0.126 e. The van der Waals surface area contributed by atoms with Crippen molar-refractivity contribution in [2.45, 2.75) is 63.8 Å². The molecule has 1 unspecified atom stereocenters. The summed E-state index contributed by atoms with van der Waals surface area (Å²) in [5, 5.41) is 8.93. The molecule has 15 heavy (non-hydrogen) atoms. The molecule has 1 saturated carbocycles. The normalized spacial score (nSPS) is 23.5. The lowest BCUT2D eigenvalue weighted by molar-refractivity contribution is 0.288. The largest absolute Gasteiger partial charge is 0.190 e. The van der Waals surface area contributed by atoms with E-state index in [2.05, 4.69) is 37.3 Å². The van der Waals surface area contributed by atoms with Gasteiger partial charge in [0.05, 0.1) is 6.04 Å². The zero-order chi connectivity index (χ0) is 11.3. The SMILES string of the molecule is CSC(C)(N=NC(C)C)C1CCCCC1. The van der Waals surface area contributed by atoms with E-state index >= 15 is 0 Å². The van der Waals surface area contributed by atoms with Crippen LogP contribution in [0.2, 0.25) is 0 Å². The van der Waals surface area contributed by atoms with Crippen molar-refractivity contribution < 1.29 is 0 Å². The van der Waals surface area contributed by atoms with Gasteiger partial charge in [-0.25, -0.2) is 0 Å². The molecule has 0 N–H and O–H groups in total. The third-order valence-electron chi connectivity index (χ3n) is 3.26. The van der Waals surface area contributed by atoms with Crippen molar-refractivity contribution in [1.82, 2.24) is 0 Å². The highest BCUT2D eigenvalue weighted by Crippen LogP contribution is 2.41. The number of hydrogen-bond donors (Lipinski definition) is 0. The lowest BCUT2D eigenvalue weighted by Crippen LogP contribution is -2.30. The van der Waals surface area contributed by atoms with E-state index in [9.17, 15) is 0 Å². The van der Waals surface area contributed by atoms with Gasteiger partial charge in [-0.1, -0.05) is 19.3 Å². The third-order valence-corrected chi connectivity index (χ3v) is 4.50. The minimum Gasteiger partial charge on any atom is -0.190 e. The number of rotatable bonds is 4. The van der Waals surface area contributed by atoms with Crippen LogP contribution in [0, 0.1) is 5.92 Å². The molecule has 0 spiro atoms. The average molecular weight is 228 g/mol. The molecule has 0 bridgehead atoms. The van der Waals surface area contributed by atoms with Gasteiger partial charge < -0.3 is 0 Å². The second-order valence-electron chi connectivity index (χ2n) is 4.90. The van der Waals surface area contributed by atoms with Gasteiger partial charge in [-0.15, -0.1) is 11.8 Å².